The molecule has 0 spiro atoms. The van der Waals surface area contributed by atoms with Crippen LogP contribution in [0.15, 0.2) is 29.2 Å². The van der Waals surface area contributed by atoms with Gasteiger partial charge in [0.15, 0.2) is 9.84 Å². The van der Waals surface area contributed by atoms with Crippen LogP contribution in [0.1, 0.15) is 18.4 Å². The van der Waals surface area contributed by atoms with Crippen LogP contribution in [-0.4, -0.2) is 26.5 Å². The normalized spacial score (nSPS) is 24.4. The fraction of sp³-hybridized carbons (Fsp3) is 0.500. The van der Waals surface area contributed by atoms with Gasteiger partial charge in [0.2, 0.25) is 0 Å². The molecule has 0 aromatic heterocycles. The molecule has 1 heterocycles. The molecule has 1 aliphatic rings. The minimum absolute atomic E-state index is 0.0343. The Hall–Kier alpha value is -0.910. The molecule has 0 bridgehead atoms. The highest BCUT2D eigenvalue weighted by molar-refractivity contribution is 7.91. The van der Waals surface area contributed by atoms with Crippen molar-refractivity contribution in [2.24, 2.45) is 5.73 Å². The maximum Gasteiger partial charge on any atom is 0.178 e. The molecule has 2 rings (SSSR count). The molecule has 1 fully saturated rings. The fourth-order valence-corrected chi connectivity index (χ4v) is 3.13. The van der Waals surface area contributed by atoms with E-state index in [2.05, 4.69) is 0 Å². The molecule has 5 heteroatoms. The second-order valence-corrected chi connectivity index (χ2v) is 6.65. The molecule has 0 saturated carbocycles. The minimum atomic E-state index is -3.25. The Morgan fingerprint density at radius 1 is 1.35 bits per heavy atom. The third kappa shape index (κ3) is 2.86. The molecular formula is C12H17NO3S. The largest absolute Gasteiger partial charge is 0.361 e. The molecule has 0 aliphatic carbocycles. The molecule has 1 atom stereocenters. The highest BCUT2D eigenvalue weighted by atomic mass is 32.2. The van der Waals surface area contributed by atoms with Gasteiger partial charge < -0.3 is 10.5 Å². The van der Waals surface area contributed by atoms with Crippen molar-refractivity contribution in [2.45, 2.75) is 30.4 Å². The first-order chi connectivity index (χ1) is 7.91. The summed E-state index contributed by atoms with van der Waals surface area (Å²) in [6.07, 6.45) is 1.08. The minimum Gasteiger partial charge on any atom is -0.361 e. The summed E-state index contributed by atoms with van der Waals surface area (Å²) in [7, 11) is -3.25. The maximum absolute atomic E-state index is 12.0. The highest BCUT2D eigenvalue weighted by Crippen LogP contribution is 2.25. The number of sulfone groups is 1. The summed E-state index contributed by atoms with van der Waals surface area (Å²) < 4.78 is 29.2. The third-order valence-corrected chi connectivity index (χ3v) is 4.82. The van der Waals surface area contributed by atoms with E-state index in [1.54, 1.807) is 24.3 Å². The SMILES string of the molecule is Cc1ccc(S(=O)(=O)CCC2(N)CCO2)cc1. The molecule has 1 unspecified atom stereocenters. The van der Waals surface area contributed by atoms with Crippen LogP contribution >= 0.6 is 0 Å². The smallest absolute Gasteiger partial charge is 0.178 e. The molecule has 17 heavy (non-hydrogen) atoms. The predicted octanol–water partition coefficient (Wildman–Crippen LogP) is 1.23. The molecule has 1 aromatic carbocycles. The van der Waals surface area contributed by atoms with E-state index in [4.69, 9.17) is 10.5 Å². The van der Waals surface area contributed by atoms with Crippen molar-refractivity contribution in [3.63, 3.8) is 0 Å². The second kappa shape index (κ2) is 4.40. The van der Waals surface area contributed by atoms with Gasteiger partial charge in [-0.05, 0) is 19.1 Å². The van der Waals surface area contributed by atoms with E-state index in [1.165, 1.54) is 0 Å². The van der Waals surface area contributed by atoms with Gasteiger partial charge in [-0.2, -0.15) is 0 Å². The molecular weight excluding hydrogens is 238 g/mol. The van der Waals surface area contributed by atoms with E-state index in [1.807, 2.05) is 6.92 Å². The van der Waals surface area contributed by atoms with Crippen molar-refractivity contribution >= 4 is 9.84 Å². The maximum atomic E-state index is 12.0. The average molecular weight is 255 g/mol. The lowest BCUT2D eigenvalue weighted by molar-refractivity contribution is -0.143. The summed E-state index contributed by atoms with van der Waals surface area (Å²) in [4.78, 5) is 0.353. The molecule has 4 nitrogen and oxygen atoms in total. The first kappa shape index (κ1) is 12.5. The number of nitrogens with two attached hydrogens (primary N) is 1. The van der Waals surface area contributed by atoms with E-state index in [9.17, 15) is 8.42 Å². The fourth-order valence-electron chi connectivity index (χ4n) is 1.73. The Labute approximate surface area is 102 Å². The summed E-state index contributed by atoms with van der Waals surface area (Å²) in [5.41, 5.74) is 6.14. The number of rotatable bonds is 4. The first-order valence-electron chi connectivity index (χ1n) is 5.64. The Morgan fingerprint density at radius 2 is 1.94 bits per heavy atom. The van der Waals surface area contributed by atoms with Gasteiger partial charge in [0.05, 0.1) is 17.3 Å². The number of aryl methyl sites for hydroxylation is 1. The molecule has 0 radical (unpaired) electrons. The molecule has 94 valence electrons. The topological polar surface area (TPSA) is 69.4 Å². The lowest BCUT2D eigenvalue weighted by Gasteiger charge is -2.38. The second-order valence-electron chi connectivity index (χ2n) is 4.55. The van der Waals surface area contributed by atoms with Gasteiger partial charge in [-0.3, -0.25) is 0 Å². The average Bonchev–Trinajstić information content (AvgIpc) is 2.24. The van der Waals surface area contributed by atoms with Crippen LogP contribution in [0.5, 0.6) is 0 Å². The van der Waals surface area contributed by atoms with Gasteiger partial charge in [0.25, 0.3) is 0 Å². The van der Waals surface area contributed by atoms with Gasteiger partial charge in [0, 0.05) is 12.8 Å². The number of ether oxygens (including phenoxy) is 1. The zero-order valence-corrected chi connectivity index (χ0v) is 10.7. The van der Waals surface area contributed by atoms with Gasteiger partial charge in [-0.1, -0.05) is 17.7 Å². The van der Waals surface area contributed by atoms with Gasteiger partial charge in [-0.15, -0.1) is 0 Å². The molecule has 0 amide bonds. The Kier molecular flexibility index (Phi) is 3.25. The summed E-state index contributed by atoms with van der Waals surface area (Å²) in [6.45, 7) is 2.55. The van der Waals surface area contributed by atoms with Crippen LogP contribution in [-0.2, 0) is 14.6 Å². The van der Waals surface area contributed by atoms with Crippen LogP contribution in [0.25, 0.3) is 0 Å². The van der Waals surface area contributed by atoms with Crippen molar-refractivity contribution in [1.29, 1.82) is 0 Å². The lowest BCUT2D eigenvalue weighted by Crippen LogP contribution is -2.52. The van der Waals surface area contributed by atoms with Crippen molar-refractivity contribution < 1.29 is 13.2 Å². The van der Waals surface area contributed by atoms with Gasteiger partial charge in [-0.25, -0.2) is 8.42 Å². The summed E-state index contributed by atoms with van der Waals surface area (Å²) >= 11 is 0. The van der Waals surface area contributed by atoms with E-state index in [0.717, 1.165) is 12.0 Å². The zero-order valence-electron chi connectivity index (χ0n) is 9.85. The predicted molar refractivity (Wildman–Crippen MR) is 65.3 cm³/mol. The first-order valence-corrected chi connectivity index (χ1v) is 7.29. The van der Waals surface area contributed by atoms with Crippen molar-refractivity contribution in [1.82, 2.24) is 0 Å². The van der Waals surface area contributed by atoms with Crippen LogP contribution < -0.4 is 5.73 Å². The zero-order chi connectivity index (χ0) is 12.5. The third-order valence-electron chi connectivity index (χ3n) is 3.09. The number of benzene rings is 1. The quantitative estimate of drug-likeness (QED) is 0.878. The Balaban J connectivity index is 2.06. The van der Waals surface area contributed by atoms with Gasteiger partial charge >= 0.3 is 0 Å². The van der Waals surface area contributed by atoms with E-state index in [0.29, 0.717) is 17.9 Å². The van der Waals surface area contributed by atoms with Crippen molar-refractivity contribution in [2.75, 3.05) is 12.4 Å². The molecule has 1 saturated heterocycles. The summed E-state index contributed by atoms with van der Waals surface area (Å²) in [5.74, 6) is 0.0343. The summed E-state index contributed by atoms with van der Waals surface area (Å²) in [6, 6.07) is 6.86. The lowest BCUT2D eigenvalue weighted by atomic mass is 10.0. The van der Waals surface area contributed by atoms with Crippen LogP contribution in [0, 0.1) is 6.92 Å². The van der Waals surface area contributed by atoms with E-state index >= 15 is 0 Å². The Bertz CT molecular complexity index is 489. The van der Waals surface area contributed by atoms with Crippen LogP contribution in [0.4, 0.5) is 0 Å². The Morgan fingerprint density at radius 3 is 2.41 bits per heavy atom. The monoisotopic (exact) mass is 255 g/mol. The molecule has 1 aromatic rings. The number of hydrogen-bond donors (Lipinski definition) is 1. The molecule has 2 N–H and O–H groups in total. The van der Waals surface area contributed by atoms with Gasteiger partial charge in [0.1, 0.15) is 5.72 Å². The highest BCUT2D eigenvalue weighted by Gasteiger charge is 2.35. The van der Waals surface area contributed by atoms with E-state index in [-0.39, 0.29) is 5.75 Å². The van der Waals surface area contributed by atoms with Crippen LogP contribution in [0.2, 0.25) is 0 Å². The molecule has 1 aliphatic heterocycles. The van der Waals surface area contributed by atoms with E-state index < -0.39 is 15.6 Å². The van der Waals surface area contributed by atoms with Crippen molar-refractivity contribution in [3.8, 4) is 0 Å². The summed E-state index contributed by atoms with van der Waals surface area (Å²) in [5, 5.41) is 0. The van der Waals surface area contributed by atoms with Crippen LogP contribution in [0.3, 0.4) is 0 Å². The number of hydrogen-bond acceptors (Lipinski definition) is 4. The van der Waals surface area contributed by atoms with Crippen molar-refractivity contribution in [3.05, 3.63) is 29.8 Å². The standard InChI is InChI=1S/C12H17NO3S/c1-10-2-4-11(5-3-10)17(14,15)9-7-12(13)6-8-16-12/h2-5H,6-9,13H2,1H3.